The molecule has 0 spiro atoms. The Bertz CT molecular complexity index is 365. The summed E-state index contributed by atoms with van der Waals surface area (Å²) in [4.78, 5) is 2.28. The number of nitrogens with zero attached hydrogens (tertiary/aromatic N) is 1. The second-order valence-corrected chi connectivity index (χ2v) is 5.49. The SMILES string of the molecule is CCCC(C)N(C)c1ccc(C(C)O)cc1Br. The minimum Gasteiger partial charge on any atom is -0.389 e. The summed E-state index contributed by atoms with van der Waals surface area (Å²) in [5.74, 6) is 0. The Morgan fingerprint density at radius 3 is 2.47 bits per heavy atom. The minimum atomic E-state index is -0.418. The number of aliphatic hydroxyl groups is 1. The number of hydrogen-bond donors (Lipinski definition) is 1. The molecular weight excluding hydrogens is 278 g/mol. The van der Waals surface area contributed by atoms with E-state index in [4.69, 9.17) is 0 Å². The molecule has 0 aliphatic carbocycles. The van der Waals surface area contributed by atoms with Gasteiger partial charge in [0.15, 0.2) is 0 Å². The lowest BCUT2D eigenvalue weighted by Gasteiger charge is -2.28. The molecule has 17 heavy (non-hydrogen) atoms. The van der Waals surface area contributed by atoms with Gasteiger partial charge in [-0.3, -0.25) is 0 Å². The van der Waals surface area contributed by atoms with Gasteiger partial charge in [-0.2, -0.15) is 0 Å². The van der Waals surface area contributed by atoms with Crippen LogP contribution in [0.4, 0.5) is 5.69 Å². The molecule has 0 heterocycles. The minimum absolute atomic E-state index is 0.418. The zero-order valence-electron chi connectivity index (χ0n) is 11.1. The number of benzene rings is 1. The molecule has 2 unspecified atom stereocenters. The smallest absolute Gasteiger partial charge is 0.0762 e. The summed E-state index contributed by atoms with van der Waals surface area (Å²) < 4.78 is 1.04. The van der Waals surface area contributed by atoms with Crippen LogP contribution in [0.2, 0.25) is 0 Å². The van der Waals surface area contributed by atoms with Crippen LogP contribution in [0.15, 0.2) is 22.7 Å². The normalized spacial score (nSPS) is 14.5. The van der Waals surface area contributed by atoms with Crippen molar-refractivity contribution in [2.45, 2.75) is 45.8 Å². The Morgan fingerprint density at radius 2 is 2.00 bits per heavy atom. The lowest BCUT2D eigenvalue weighted by molar-refractivity contribution is 0.199. The fraction of sp³-hybridized carbons (Fsp3) is 0.571. The third kappa shape index (κ3) is 3.71. The van der Waals surface area contributed by atoms with Gasteiger partial charge in [0, 0.05) is 17.6 Å². The highest BCUT2D eigenvalue weighted by atomic mass is 79.9. The first-order valence-electron chi connectivity index (χ1n) is 6.17. The standard InChI is InChI=1S/C14H22BrNO/c1-5-6-10(2)16(4)14-8-7-12(11(3)17)9-13(14)15/h7-11,17H,5-6H2,1-4H3. The monoisotopic (exact) mass is 299 g/mol. The maximum absolute atomic E-state index is 9.54. The summed E-state index contributed by atoms with van der Waals surface area (Å²) in [5, 5.41) is 9.54. The molecule has 0 radical (unpaired) electrons. The molecule has 1 aromatic rings. The highest BCUT2D eigenvalue weighted by Gasteiger charge is 2.13. The molecule has 0 fully saturated rings. The third-order valence-electron chi connectivity index (χ3n) is 3.20. The van der Waals surface area contributed by atoms with Crippen molar-refractivity contribution in [2.75, 3.05) is 11.9 Å². The second kappa shape index (κ2) is 6.41. The quantitative estimate of drug-likeness (QED) is 0.884. The summed E-state index contributed by atoms with van der Waals surface area (Å²) in [6.07, 6.45) is 1.95. The Balaban J connectivity index is 2.91. The van der Waals surface area contributed by atoms with Gasteiger partial charge in [-0.25, -0.2) is 0 Å². The maximum Gasteiger partial charge on any atom is 0.0762 e. The summed E-state index contributed by atoms with van der Waals surface area (Å²) in [6.45, 7) is 6.22. The van der Waals surface area contributed by atoms with Crippen LogP contribution in [0, 0.1) is 0 Å². The molecule has 0 aromatic heterocycles. The van der Waals surface area contributed by atoms with Gasteiger partial charge in [0.25, 0.3) is 0 Å². The highest BCUT2D eigenvalue weighted by molar-refractivity contribution is 9.10. The van der Waals surface area contributed by atoms with E-state index in [-0.39, 0.29) is 0 Å². The van der Waals surface area contributed by atoms with Crippen LogP contribution in [0.1, 0.15) is 45.3 Å². The van der Waals surface area contributed by atoms with Crippen LogP contribution in [0.5, 0.6) is 0 Å². The lowest BCUT2D eigenvalue weighted by atomic mass is 10.1. The van der Waals surface area contributed by atoms with Crippen molar-refractivity contribution in [3.8, 4) is 0 Å². The Morgan fingerprint density at radius 1 is 1.35 bits per heavy atom. The molecule has 0 aliphatic rings. The summed E-state index contributed by atoms with van der Waals surface area (Å²) >= 11 is 3.58. The van der Waals surface area contributed by atoms with Crippen LogP contribution in [-0.2, 0) is 0 Å². The van der Waals surface area contributed by atoms with Gasteiger partial charge in [-0.15, -0.1) is 0 Å². The fourth-order valence-corrected chi connectivity index (χ4v) is 2.59. The zero-order chi connectivity index (χ0) is 13.0. The Labute approximate surface area is 113 Å². The fourth-order valence-electron chi connectivity index (χ4n) is 1.92. The van der Waals surface area contributed by atoms with Crippen LogP contribution >= 0.6 is 15.9 Å². The number of aliphatic hydroxyl groups excluding tert-OH is 1. The van der Waals surface area contributed by atoms with E-state index in [9.17, 15) is 5.11 Å². The molecule has 0 bridgehead atoms. The summed E-state index contributed by atoms with van der Waals surface area (Å²) in [7, 11) is 2.11. The van der Waals surface area contributed by atoms with E-state index in [2.05, 4.69) is 47.8 Å². The first-order chi connectivity index (χ1) is 7.97. The van der Waals surface area contributed by atoms with Gasteiger partial charge < -0.3 is 10.0 Å². The molecule has 2 atom stereocenters. The summed E-state index contributed by atoms with van der Waals surface area (Å²) in [5.41, 5.74) is 2.12. The van der Waals surface area contributed by atoms with Crippen LogP contribution in [-0.4, -0.2) is 18.2 Å². The molecule has 0 saturated carbocycles. The van der Waals surface area contributed by atoms with E-state index < -0.39 is 6.10 Å². The van der Waals surface area contributed by atoms with Gasteiger partial charge in [0.2, 0.25) is 0 Å². The average molecular weight is 300 g/mol. The molecule has 3 heteroatoms. The Kier molecular flexibility index (Phi) is 5.47. The van der Waals surface area contributed by atoms with E-state index in [1.165, 1.54) is 18.5 Å². The van der Waals surface area contributed by atoms with Crippen molar-refractivity contribution in [1.29, 1.82) is 0 Å². The topological polar surface area (TPSA) is 23.5 Å². The molecular formula is C14H22BrNO. The van der Waals surface area contributed by atoms with E-state index in [0.29, 0.717) is 6.04 Å². The number of anilines is 1. The van der Waals surface area contributed by atoms with Crippen molar-refractivity contribution >= 4 is 21.6 Å². The predicted molar refractivity (Wildman–Crippen MR) is 77.5 cm³/mol. The molecule has 1 aromatic carbocycles. The Hall–Kier alpha value is -0.540. The van der Waals surface area contributed by atoms with Crippen molar-refractivity contribution < 1.29 is 5.11 Å². The number of hydrogen-bond acceptors (Lipinski definition) is 2. The molecule has 0 saturated heterocycles. The van der Waals surface area contributed by atoms with Gasteiger partial charge in [0.1, 0.15) is 0 Å². The number of rotatable bonds is 5. The van der Waals surface area contributed by atoms with Gasteiger partial charge in [0.05, 0.1) is 11.8 Å². The third-order valence-corrected chi connectivity index (χ3v) is 3.84. The molecule has 96 valence electrons. The highest BCUT2D eigenvalue weighted by Crippen LogP contribution is 2.30. The van der Waals surface area contributed by atoms with Crippen LogP contribution in [0.25, 0.3) is 0 Å². The van der Waals surface area contributed by atoms with E-state index in [0.717, 1.165) is 10.0 Å². The van der Waals surface area contributed by atoms with E-state index in [1.54, 1.807) is 6.92 Å². The second-order valence-electron chi connectivity index (χ2n) is 4.64. The van der Waals surface area contributed by atoms with Gasteiger partial charge in [-0.05, 0) is 53.9 Å². The van der Waals surface area contributed by atoms with Gasteiger partial charge in [-0.1, -0.05) is 19.4 Å². The van der Waals surface area contributed by atoms with Crippen molar-refractivity contribution in [3.63, 3.8) is 0 Å². The predicted octanol–water partition coefficient (Wildman–Crippen LogP) is 4.13. The van der Waals surface area contributed by atoms with Crippen molar-refractivity contribution in [3.05, 3.63) is 28.2 Å². The first kappa shape index (κ1) is 14.5. The van der Waals surface area contributed by atoms with E-state index >= 15 is 0 Å². The van der Waals surface area contributed by atoms with Crippen molar-refractivity contribution in [2.24, 2.45) is 0 Å². The van der Waals surface area contributed by atoms with Crippen LogP contribution < -0.4 is 4.90 Å². The largest absolute Gasteiger partial charge is 0.389 e. The number of halogens is 1. The van der Waals surface area contributed by atoms with Crippen LogP contribution in [0.3, 0.4) is 0 Å². The zero-order valence-corrected chi connectivity index (χ0v) is 12.7. The molecule has 0 aliphatic heterocycles. The maximum atomic E-state index is 9.54. The first-order valence-corrected chi connectivity index (χ1v) is 6.97. The summed E-state index contributed by atoms with van der Waals surface area (Å²) in [6, 6.07) is 6.57. The van der Waals surface area contributed by atoms with Gasteiger partial charge >= 0.3 is 0 Å². The molecule has 2 nitrogen and oxygen atoms in total. The molecule has 1 rings (SSSR count). The van der Waals surface area contributed by atoms with E-state index in [1.807, 2.05) is 12.1 Å². The molecule has 1 N–H and O–H groups in total. The average Bonchev–Trinajstić information content (AvgIpc) is 2.28. The molecule has 0 amide bonds. The van der Waals surface area contributed by atoms with Crippen molar-refractivity contribution in [1.82, 2.24) is 0 Å². The lowest BCUT2D eigenvalue weighted by Crippen LogP contribution is -2.28.